The third-order valence-corrected chi connectivity index (χ3v) is 4.40. The Kier molecular flexibility index (Phi) is 5.51. The number of hydrogen-bond acceptors (Lipinski definition) is 2. The van der Waals surface area contributed by atoms with Crippen molar-refractivity contribution in [1.29, 1.82) is 0 Å². The summed E-state index contributed by atoms with van der Waals surface area (Å²) in [4.78, 5) is 0. The lowest BCUT2D eigenvalue weighted by Gasteiger charge is -2.26. The average molecular weight is 208 g/mol. The molecule has 0 spiro atoms. The molecule has 0 atom stereocenters. The van der Waals surface area contributed by atoms with Gasteiger partial charge in [-0.25, -0.2) is 0 Å². The van der Waals surface area contributed by atoms with Crippen LogP contribution in [0.4, 0.5) is 0 Å². The zero-order valence-corrected chi connectivity index (χ0v) is 9.76. The molecule has 0 aromatic carbocycles. The number of hydrogen-bond donors (Lipinski definition) is 0. The maximum Gasteiger partial charge on any atom is 0.281 e. The highest BCUT2D eigenvalue weighted by Gasteiger charge is 2.24. The highest BCUT2D eigenvalue weighted by molar-refractivity contribution is 7.86. The van der Waals surface area contributed by atoms with Gasteiger partial charge in [0.1, 0.15) is 0 Å². The van der Waals surface area contributed by atoms with E-state index >= 15 is 0 Å². The van der Waals surface area contributed by atoms with Crippen LogP contribution in [0.2, 0.25) is 0 Å². The van der Waals surface area contributed by atoms with Crippen LogP contribution >= 0.6 is 0 Å². The van der Waals surface area contributed by atoms with Gasteiger partial charge in [-0.15, -0.1) is 0 Å². The molecule has 0 rings (SSSR count). The Morgan fingerprint density at radius 3 is 1.15 bits per heavy atom. The van der Waals surface area contributed by atoms with Crippen molar-refractivity contribution < 1.29 is 8.42 Å². The second-order valence-electron chi connectivity index (χ2n) is 2.68. The minimum absolute atomic E-state index is 0.537. The first-order chi connectivity index (χ1) is 6.04. The summed E-state index contributed by atoms with van der Waals surface area (Å²) in [6.45, 7) is 9.56. The second-order valence-corrected chi connectivity index (χ2v) is 4.60. The molecule has 80 valence electrons. The van der Waals surface area contributed by atoms with Crippen LogP contribution in [0, 0.1) is 0 Å². The molecule has 0 fully saturated rings. The van der Waals surface area contributed by atoms with Crippen LogP contribution in [-0.2, 0) is 10.2 Å². The first-order valence-electron chi connectivity index (χ1n) is 4.79. The lowest BCUT2D eigenvalue weighted by Crippen LogP contribution is -2.43. The molecule has 0 saturated carbocycles. The van der Waals surface area contributed by atoms with Gasteiger partial charge in [-0.3, -0.25) is 0 Å². The Labute approximate surface area is 81.7 Å². The van der Waals surface area contributed by atoms with Gasteiger partial charge in [-0.05, 0) is 0 Å². The fraction of sp³-hybridized carbons (Fsp3) is 1.00. The Hall–Kier alpha value is -0.130. The maximum absolute atomic E-state index is 11.8. The molecule has 0 aliphatic heterocycles. The van der Waals surface area contributed by atoms with Gasteiger partial charge in [-0.1, -0.05) is 27.7 Å². The molecule has 4 nitrogen and oxygen atoms in total. The molecule has 0 bridgehead atoms. The van der Waals surface area contributed by atoms with E-state index in [4.69, 9.17) is 0 Å². The standard InChI is InChI=1S/C8H20N2O2S/c1-5-9(6-2)13(11,12)10(7-3)8-4/h5-8H2,1-4H3. The maximum atomic E-state index is 11.8. The fourth-order valence-electron chi connectivity index (χ4n) is 1.26. The van der Waals surface area contributed by atoms with Gasteiger partial charge >= 0.3 is 0 Å². The molecule has 5 heteroatoms. The molecule has 0 N–H and O–H groups in total. The molecule has 0 aliphatic rings. The normalized spacial score (nSPS) is 12.8. The fourth-order valence-corrected chi connectivity index (χ4v) is 2.89. The van der Waals surface area contributed by atoms with Crippen molar-refractivity contribution in [3.05, 3.63) is 0 Å². The Bertz CT molecular complexity index is 200. The zero-order chi connectivity index (χ0) is 10.5. The van der Waals surface area contributed by atoms with Gasteiger partial charge in [0.2, 0.25) is 0 Å². The minimum Gasteiger partial charge on any atom is -0.195 e. The van der Waals surface area contributed by atoms with Crippen LogP contribution in [-0.4, -0.2) is 43.2 Å². The SMILES string of the molecule is CCN(CC)S(=O)(=O)N(CC)CC. The molecule has 0 heterocycles. The quantitative estimate of drug-likeness (QED) is 0.651. The number of rotatable bonds is 6. The molecular weight excluding hydrogens is 188 g/mol. The molecule has 0 amide bonds. The van der Waals surface area contributed by atoms with Gasteiger partial charge in [0.15, 0.2) is 0 Å². The van der Waals surface area contributed by atoms with Crippen molar-refractivity contribution >= 4 is 10.2 Å². The molecule has 0 aromatic heterocycles. The third-order valence-electron chi connectivity index (χ3n) is 2.06. The van der Waals surface area contributed by atoms with Crippen LogP contribution < -0.4 is 0 Å². The summed E-state index contributed by atoms with van der Waals surface area (Å²) in [5, 5.41) is 0. The van der Waals surface area contributed by atoms with Gasteiger partial charge in [0.05, 0.1) is 0 Å². The van der Waals surface area contributed by atoms with Crippen molar-refractivity contribution in [2.24, 2.45) is 0 Å². The van der Waals surface area contributed by atoms with Crippen LogP contribution in [0.3, 0.4) is 0 Å². The van der Waals surface area contributed by atoms with Crippen molar-refractivity contribution in [3.8, 4) is 0 Å². The first kappa shape index (κ1) is 12.9. The van der Waals surface area contributed by atoms with Crippen LogP contribution in [0.25, 0.3) is 0 Å². The molecule has 0 aromatic rings. The van der Waals surface area contributed by atoms with E-state index in [2.05, 4.69) is 0 Å². The lowest BCUT2D eigenvalue weighted by molar-refractivity contribution is 0.365. The highest BCUT2D eigenvalue weighted by atomic mass is 32.2. The second kappa shape index (κ2) is 5.57. The van der Waals surface area contributed by atoms with E-state index in [1.54, 1.807) is 0 Å². The molecule has 0 unspecified atom stereocenters. The smallest absolute Gasteiger partial charge is 0.195 e. The molecule has 0 saturated heterocycles. The van der Waals surface area contributed by atoms with E-state index in [1.165, 1.54) is 8.61 Å². The van der Waals surface area contributed by atoms with Crippen molar-refractivity contribution in [2.75, 3.05) is 26.2 Å². The summed E-state index contributed by atoms with van der Waals surface area (Å²) >= 11 is 0. The van der Waals surface area contributed by atoms with Crippen molar-refractivity contribution in [1.82, 2.24) is 8.61 Å². The summed E-state index contributed by atoms with van der Waals surface area (Å²) in [6, 6.07) is 0. The average Bonchev–Trinajstić information content (AvgIpc) is 2.07. The lowest BCUT2D eigenvalue weighted by atomic mass is 10.7. The van der Waals surface area contributed by atoms with Crippen LogP contribution in [0.5, 0.6) is 0 Å². The Balaban J connectivity index is 4.71. The monoisotopic (exact) mass is 208 g/mol. The predicted octanol–water partition coefficient (Wildman–Crippen LogP) is 0.915. The third kappa shape index (κ3) is 2.93. The van der Waals surface area contributed by atoms with Gasteiger partial charge in [0.25, 0.3) is 10.2 Å². The summed E-state index contributed by atoms with van der Waals surface area (Å²) in [5.74, 6) is 0. The van der Waals surface area contributed by atoms with Crippen molar-refractivity contribution in [3.63, 3.8) is 0 Å². The van der Waals surface area contributed by atoms with Crippen LogP contribution in [0.1, 0.15) is 27.7 Å². The predicted molar refractivity (Wildman–Crippen MR) is 54.8 cm³/mol. The molecule has 0 aliphatic carbocycles. The van der Waals surface area contributed by atoms with E-state index in [9.17, 15) is 8.42 Å². The Morgan fingerprint density at radius 2 is 1.00 bits per heavy atom. The van der Waals surface area contributed by atoms with E-state index in [0.717, 1.165) is 0 Å². The summed E-state index contributed by atoms with van der Waals surface area (Å²) in [5.41, 5.74) is 0. The van der Waals surface area contributed by atoms with Gasteiger partial charge in [-0.2, -0.15) is 17.0 Å². The summed E-state index contributed by atoms with van der Waals surface area (Å²) in [7, 11) is -3.20. The summed E-state index contributed by atoms with van der Waals surface area (Å²) < 4.78 is 26.6. The Morgan fingerprint density at radius 1 is 0.769 bits per heavy atom. The van der Waals surface area contributed by atoms with E-state index < -0.39 is 10.2 Å². The van der Waals surface area contributed by atoms with E-state index in [-0.39, 0.29) is 0 Å². The van der Waals surface area contributed by atoms with Gasteiger partial charge < -0.3 is 0 Å². The highest BCUT2D eigenvalue weighted by Crippen LogP contribution is 2.06. The minimum atomic E-state index is -3.20. The molecule has 13 heavy (non-hydrogen) atoms. The number of nitrogens with zero attached hydrogens (tertiary/aromatic N) is 2. The molecule has 0 radical (unpaired) electrons. The van der Waals surface area contributed by atoms with E-state index in [1.807, 2.05) is 27.7 Å². The van der Waals surface area contributed by atoms with E-state index in [0.29, 0.717) is 26.2 Å². The van der Waals surface area contributed by atoms with Crippen LogP contribution in [0.15, 0.2) is 0 Å². The first-order valence-corrected chi connectivity index (χ1v) is 6.19. The topological polar surface area (TPSA) is 40.6 Å². The van der Waals surface area contributed by atoms with Crippen molar-refractivity contribution in [2.45, 2.75) is 27.7 Å². The zero-order valence-electron chi connectivity index (χ0n) is 8.95. The molecular formula is C8H20N2O2S. The van der Waals surface area contributed by atoms with Gasteiger partial charge in [0, 0.05) is 26.2 Å². The largest absolute Gasteiger partial charge is 0.281 e. The summed E-state index contributed by atoms with van der Waals surface area (Å²) in [6.07, 6.45) is 0.